The molecule has 0 radical (unpaired) electrons. The number of benzene rings is 1. The zero-order chi connectivity index (χ0) is 16.9. The zero-order valence-corrected chi connectivity index (χ0v) is 14.6. The molecule has 3 rings (SSSR count). The van der Waals surface area contributed by atoms with Gasteiger partial charge in [0.2, 0.25) is 5.91 Å². The van der Waals surface area contributed by atoms with Crippen LogP contribution in [0.3, 0.4) is 0 Å². The van der Waals surface area contributed by atoms with E-state index in [1.165, 1.54) is 11.3 Å². The van der Waals surface area contributed by atoms with E-state index >= 15 is 0 Å². The minimum absolute atomic E-state index is 0.0310. The molecule has 1 aromatic carbocycles. The Bertz CT molecular complexity index is 666. The number of nitrogens with zero attached hydrogens (tertiary/aromatic N) is 2. The summed E-state index contributed by atoms with van der Waals surface area (Å²) < 4.78 is 0. The van der Waals surface area contributed by atoms with Gasteiger partial charge in [-0.05, 0) is 24.8 Å². The Morgan fingerprint density at radius 1 is 1.38 bits per heavy atom. The van der Waals surface area contributed by atoms with E-state index in [2.05, 4.69) is 15.2 Å². The van der Waals surface area contributed by atoms with Gasteiger partial charge >= 0.3 is 0 Å². The Morgan fingerprint density at radius 3 is 2.75 bits per heavy atom. The number of amides is 1. The standard InChI is InChI=1S/C18H23N3O2S/c1-2-15-18(24-12-19-15)20-17(23)16(13-6-4-3-5-7-13)21-10-8-14(22)9-11-21/h3-7,12,14,16,22H,2,8-11H2,1H3,(H,20,23)/t16-/m1/s1. The molecule has 24 heavy (non-hydrogen) atoms. The maximum atomic E-state index is 13.0. The molecule has 6 heteroatoms. The van der Waals surface area contributed by atoms with Crippen molar-refractivity contribution in [1.82, 2.24) is 9.88 Å². The minimum Gasteiger partial charge on any atom is -0.393 e. The summed E-state index contributed by atoms with van der Waals surface area (Å²) in [5.41, 5.74) is 3.67. The molecule has 0 saturated carbocycles. The van der Waals surface area contributed by atoms with Gasteiger partial charge in [0.05, 0.1) is 17.3 Å². The van der Waals surface area contributed by atoms with E-state index in [1.54, 1.807) is 5.51 Å². The number of nitrogens with one attached hydrogen (secondary N) is 1. The van der Waals surface area contributed by atoms with Crippen LogP contribution < -0.4 is 5.32 Å². The summed E-state index contributed by atoms with van der Waals surface area (Å²) >= 11 is 1.46. The highest BCUT2D eigenvalue weighted by molar-refractivity contribution is 7.14. The molecule has 0 unspecified atom stereocenters. The van der Waals surface area contributed by atoms with Crippen molar-refractivity contribution in [1.29, 1.82) is 0 Å². The van der Waals surface area contributed by atoms with Gasteiger partial charge in [-0.1, -0.05) is 37.3 Å². The lowest BCUT2D eigenvalue weighted by molar-refractivity contribution is -0.122. The number of likely N-dealkylation sites (tertiary alicyclic amines) is 1. The van der Waals surface area contributed by atoms with Crippen LogP contribution in [0.1, 0.15) is 37.1 Å². The van der Waals surface area contributed by atoms with Crippen LogP contribution in [0.5, 0.6) is 0 Å². The Hall–Kier alpha value is -1.76. The van der Waals surface area contributed by atoms with Gasteiger partial charge < -0.3 is 10.4 Å². The first-order valence-corrected chi connectivity index (χ1v) is 9.27. The third-order valence-corrected chi connectivity index (χ3v) is 5.22. The molecule has 1 amide bonds. The third-order valence-electron chi connectivity index (χ3n) is 4.44. The highest BCUT2D eigenvalue weighted by Gasteiger charge is 2.31. The van der Waals surface area contributed by atoms with Crippen molar-refractivity contribution in [2.75, 3.05) is 18.4 Å². The topological polar surface area (TPSA) is 65.5 Å². The quantitative estimate of drug-likeness (QED) is 0.874. The van der Waals surface area contributed by atoms with Gasteiger partial charge in [0.25, 0.3) is 0 Å². The molecule has 0 bridgehead atoms. The number of rotatable bonds is 5. The van der Waals surface area contributed by atoms with E-state index in [1.807, 2.05) is 37.3 Å². The summed E-state index contributed by atoms with van der Waals surface area (Å²) in [5.74, 6) is -0.0310. The van der Waals surface area contributed by atoms with E-state index in [4.69, 9.17) is 0 Å². The van der Waals surface area contributed by atoms with Gasteiger partial charge in [-0.3, -0.25) is 9.69 Å². The van der Waals surface area contributed by atoms with Gasteiger partial charge in [0.1, 0.15) is 11.0 Å². The first kappa shape index (κ1) is 17.1. The fourth-order valence-corrected chi connectivity index (χ4v) is 3.89. The summed E-state index contributed by atoms with van der Waals surface area (Å²) in [4.78, 5) is 19.5. The highest BCUT2D eigenvalue weighted by atomic mass is 32.1. The number of anilines is 1. The summed E-state index contributed by atoms with van der Waals surface area (Å²) in [7, 11) is 0. The number of aromatic nitrogens is 1. The van der Waals surface area contributed by atoms with E-state index in [9.17, 15) is 9.90 Å². The summed E-state index contributed by atoms with van der Waals surface area (Å²) in [5, 5.41) is 13.7. The van der Waals surface area contributed by atoms with Crippen LogP contribution in [0.4, 0.5) is 5.00 Å². The second-order valence-electron chi connectivity index (χ2n) is 6.05. The Kier molecular flexibility index (Phi) is 5.60. The molecule has 0 aliphatic carbocycles. The van der Waals surface area contributed by atoms with E-state index in [-0.39, 0.29) is 18.1 Å². The lowest BCUT2D eigenvalue weighted by Gasteiger charge is -2.35. The molecule has 2 heterocycles. The molecule has 2 N–H and O–H groups in total. The van der Waals surface area contributed by atoms with Crippen LogP contribution in [0.2, 0.25) is 0 Å². The van der Waals surface area contributed by atoms with E-state index < -0.39 is 0 Å². The van der Waals surface area contributed by atoms with Crippen LogP contribution in [0.15, 0.2) is 35.8 Å². The average molecular weight is 345 g/mol. The highest BCUT2D eigenvalue weighted by Crippen LogP contribution is 2.28. The molecular weight excluding hydrogens is 322 g/mol. The largest absolute Gasteiger partial charge is 0.393 e. The molecule has 1 aromatic heterocycles. The number of aryl methyl sites for hydroxylation is 1. The number of hydrogen-bond donors (Lipinski definition) is 2. The van der Waals surface area contributed by atoms with Crippen molar-refractivity contribution in [3.05, 3.63) is 47.1 Å². The maximum absolute atomic E-state index is 13.0. The minimum atomic E-state index is -0.342. The molecule has 128 valence electrons. The van der Waals surface area contributed by atoms with Crippen molar-refractivity contribution in [2.24, 2.45) is 0 Å². The van der Waals surface area contributed by atoms with Crippen LogP contribution in [0.25, 0.3) is 0 Å². The third kappa shape index (κ3) is 3.83. The van der Waals surface area contributed by atoms with Crippen molar-refractivity contribution in [3.63, 3.8) is 0 Å². The fraction of sp³-hybridized carbons (Fsp3) is 0.444. The van der Waals surface area contributed by atoms with Crippen molar-refractivity contribution in [2.45, 2.75) is 38.3 Å². The number of carbonyl (C=O) groups excluding carboxylic acids is 1. The second-order valence-corrected chi connectivity index (χ2v) is 6.91. The predicted molar refractivity (Wildman–Crippen MR) is 96.1 cm³/mol. The first-order chi connectivity index (χ1) is 11.7. The molecule has 1 saturated heterocycles. The lowest BCUT2D eigenvalue weighted by atomic mass is 10.00. The molecule has 1 aliphatic heterocycles. The van der Waals surface area contributed by atoms with Crippen LogP contribution in [-0.4, -0.2) is 40.1 Å². The Labute approximate surface area is 146 Å². The van der Waals surface area contributed by atoms with Crippen molar-refractivity contribution < 1.29 is 9.90 Å². The normalized spacial score (nSPS) is 17.6. The summed E-state index contributed by atoms with van der Waals surface area (Å²) in [6.07, 6.45) is 1.95. The molecule has 1 atom stereocenters. The average Bonchev–Trinajstić information content (AvgIpc) is 3.05. The molecule has 2 aromatic rings. The van der Waals surface area contributed by atoms with Gasteiger partial charge in [0, 0.05) is 13.1 Å². The van der Waals surface area contributed by atoms with Gasteiger partial charge in [-0.25, -0.2) is 4.98 Å². The van der Waals surface area contributed by atoms with Crippen molar-refractivity contribution >= 4 is 22.2 Å². The number of piperidine rings is 1. The van der Waals surface area contributed by atoms with E-state index in [0.29, 0.717) is 12.8 Å². The van der Waals surface area contributed by atoms with Crippen molar-refractivity contribution in [3.8, 4) is 0 Å². The predicted octanol–water partition coefficient (Wildman–Crippen LogP) is 2.84. The number of aliphatic hydroxyl groups is 1. The fourth-order valence-electron chi connectivity index (χ4n) is 3.11. The smallest absolute Gasteiger partial charge is 0.246 e. The van der Waals surface area contributed by atoms with Gasteiger partial charge in [0.15, 0.2) is 0 Å². The molecule has 1 aliphatic rings. The molecule has 5 nitrogen and oxygen atoms in total. The zero-order valence-electron chi connectivity index (χ0n) is 13.8. The monoisotopic (exact) mass is 345 g/mol. The molecular formula is C18H23N3O2S. The molecule has 0 spiro atoms. The summed E-state index contributed by atoms with van der Waals surface area (Å²) in [6, 6.07) is 9.50. The summed E-state index contributed by atoms with van der Waals surface area (Å²) in [6.45, 7) is 3.47. The maximum Gasteiger partial charge on any atom is 0.246 e. The van der Waals surface area contributed by atoms with Crippen LogP contribution in [-0.2, 0) is 11.2 Å². The first-order valence-electron chi connectivity index (χ1n) is 8.39. The SMILES string of the molecule is CCc1ncsc1NC(=O)[C@@H](c1ccccc1)N1CCC(O)CC1. The number of carbonyl (C=O) groups is 1. The second kappa shape index (κ2) is 7.88. The lowest BCUT2D eigenvalue weighted by Crippen LogP contribution is -2.43. The van der Waals surface area contributed by atoms with Gasteiger partial charge in [-0.15, -0.1) is 11.3 Å². The van der Waals surface area contributed by atoms with E-state index in [0.717, 1.165) is 35.8 Å². The van der Waals surface area contributed by atoms with Gasteiger partial charge in [-0.2, -0.15) is 0 Å². The Balaban J connectivity index is 1.82. The van der Waals surface area contributed by atoms with Crippen LogP contribution >= 0.6 is 11.3 Å². The number of aliphatic hydroxyl groups excluding tert-OH is 1. The van der Waals surface area contributed by atoms with Crippen LogP contribution in [0, 0.1) is 0 Å². The number of thiazole rings is 1. The number of hydrogen-bond acceptors (Lipinski definition) is 5. The molecule has 1 fully saturated rings. The Morgan fingerprint density at radius 2 is 2.08 bits per heavy atom.